The molecular formula is C93H100ClN11O25. The number of amides is 7. The van der Waals surface area contributed by atoms with Crippen LogP contribution in [-0.2, 0) is 72.0 Å². The Labute approximate surface area is 748 Å². The lowest BCUT2D eigenvalue weighted by atomic mass is 9.57. The second-order valence-electron chi connectivity index (χ2n) is 35.4. The number of aliphatic hydroxyl groups is 10. The zero-order valence-corrected chi connectivity index (χ0v) is 72.8. The Morgan fingerprint density at radius 2 is 0.715 bits per heavy atom. The van der Waals surface area contributed by atoms with Gasteiger partial charge in [-0.2, -0.15) is 0 Å². The van der Waals surface area contributed by atoms with Crippen molar-refractivity contribution in [3.63, 3.8) is 0 Å². The van der Waals surface area contributed by atoms with Crippen molar-refractivity contribution in [3.05, 3.63) is 193 Å². The van der Waals surface area contributed by atoms with Gasteiger partial charge in [-0.05, 0) is 230 Å². The van der Waals surface area contributed by atoms with Gasteiger partial charge in [0.1, 0.15) is 75.1 Å². The van der Waals surface area contributed by atoms with E-state index >= 15 is 0 Å². The zero-order chi connectivity index (χ0) is 95.2. The predicted octanol–water partition coefficient (Wildman–Crippen LogP) is 4.90. The minimum absolute atomic E-state index is 0.000315. The van der Waals surface area contributed by atoms with E-state index < -0.39 is 187 Å². The Bertz CT molecular complexity index is 6040. The first-order valence-corrected chi connectivity index (χ1v) is 42.0. The molecule has 12 atom stereocenters. The molecule has 6 aromatic carbocycles. The SMILES string of the molecule is CN(C)C1C(=O)C(C(N)=O)=C(O)[C@@]2(O)C(=O)C3=C(O)c4c(O)ccc(-c5ccc(NC(=O)NCCCCl)cc5)c4C[C@H]3C[C@@H]12.CN(C)[C@@H]1C(=O)C(C(N)=O)=C(O)[C@@]2(O)C(=O)C3=C(O)c4c(O)ccc(-c5ccc(NC(=O)CNC(C)(C)C)cc5)c4C[C@H]3C[C@@H]12.CN(C)[C@@H]1C(=O)C(C(N)=O)=C(O)[C@@]2(O)C(=O)C3=C(O)c4c(O)ccc(-c5ccc(NC(=O)CO)cc5)c4C[C@H]3C[C@@H]12. The van der Waals surface area contributed by atoms with Gasteiger partial charge < -0.3 is 110 Å². The van der Waals surface area contributed by atoms with Crippen molar-refractivity contribution < 1.29 is 124 Å². The number of ketones is 6. The largest absolute Gasteiger partial charge is 0.508 e. The van der Waals surface area contributed by atoms with Gasteiger partial charge in [-0.15, -0.1) is 11.6 Å². The number of urea groups is 1. The maximum atomic E-state index is 14.0. The smallest absolute Gasteiger partial charge is 0.319 e. The number of carbonyl (C=O) groups excluding carboxylic acids is 12. The van der Waals surface area contributed by atoms with Crippen molar-refractivity contribution >= 4 is 116 Å². The summed E-state index contributed by atoms with van der Waals surface area (Å²) in [5.74, 6) is -21.5. The van der Waals surface area contributed by atoms with E-state index in [9.17, 15) is 119 Å². The van der Waals surface area contributed by atoms with E-state index in [2.05, 4.69) is 26.6 Å². The lowest BCUT2D eigenvalue weighted by molar-refractivity contribution is -0.155. The molecule has 9 aliphatic carbocycles. The second-order valence-corrected chi connectivity index (χ2v) is 35.7. The molecule has 9 aliphatic rings. The van der Waals surface area contributed by atoms with E-state index in [1.54, 1.807) is 119 Å². The molecule has 0 saturated heterocycles. The van der Waals surface area contributed by atoms with Crippen LogP contribution in [0.1, 0.15) is 79.8 Å². The fraction of sp³-hybridized carbons (Fsp3) is 0.355. The molecule has 0 aliphatic heterocycles. The fourth-order valence-electron chi connectivity index (χ4n) is 19.9. The van der Waals surface area contributed by atoms with Crippen molar-refractivity contribution in [3.8, 4) is 50.6 Å². The number of alkyl halides is 1. The topological polar surface area (TPSA) is 616 Å². The average molecular weight is 1810 g/mol. The number of primary amides is 3. The molecule has 24 N–H and O–H groups in total. The van der Waals surface area contributed by atoms with E-state index in [0.717, 1.165) is 5.56 Å². The van der Waals surface area contributed by atoms with Gasteiger partial charge in [0.2, 0.25) is 29.2 Å². The quantitative estimate of drug-likeness (QED) is 0.0309. The van der Waals surface area contributed by atoms with Crippen molar-refractivity contribution in [2.75, 3.05) is 83.8 Å². The van der Waals surface area contributed by atoms with Gasteiger partial charge in [-0.25, -0.2) is 4.79 Å². The van der Waals surface area contributed by atoms with Crippen LogP contribution in [0.3, 0.4) is 0 Å². The highest BCUT2D eigenvalue weighted by Crippen LogP contribution is 2.58. The number of carbonyl (C=O) groups is 12. The normalized spacial score (nSPS) is 24.9. The summed E-state index contributed by atoms with van der Waals surface area (Å²) in [6.45, 7) is 5.78. The van der Waals surface area contributed by atoms with Crippen molar-refractivity contribution in [2.45, 2.75) is 106 Å². The fourth-order valence-corrected chi connectivity index (χ4v) is 20.1. The van der Waals surface area contributed by atoms with Gasteiger partial charge in [0.15, 0.2) is 34.2 Å². The van der Waals surface area contributed by atoms with Crippen LogP contribution >= 0.6 is 11.6 Å². The molecule has 6 aromatic rings. The molecule has 3 fully saturated rings. The number of rotatable bonds is 18. The molecule has 684 valence electrons. The van der Waals surface area contributed by atoms with Gasteiger partial charge in [0, 0.05) is 69.5 Å². The number of fused-ring (bicyclic) bond motifs is 9. The molecule has 0 heterocycles. The first-order chi connectivity index (χ1) is 61.1. The van der Waals surface area contributed by atoms with Crippen LogP contribution in [0.5, 0.6) is 17.2 Å². The second kappa shape index (κ2) is 35.6. The summed E-state index contributed by atoms with van der Waals surface area (Å²) in [4.78, 5) is 158. The molecule has 0 bridgehead atoms. The van der Waals surface area contributed by atoms with E-state index in [4.69, 9.17) is 33.9 Å². The van der Waals surface area contributed by atoms with Gasteiger partial charge >= 0.3 is 6.03 Å². The minimum atomic E-state index is -2.70. The number of nitrogens with one attached hydrogen (secondary N) is 5. The van der Waals surface area contributed by atoms with Gasteiger partial charge in [-0.1, -0.05) is 54.6 Å². The summed E-state index contributed by atoms with van der Waals surface area (Å²) < 4.78 is 0. The summed E-state index contributed by atoms with van der Waals surface area (Å²) in [5, 5.41) is 158. The highest BCUT2D eigenvalue weighted by Gasteiger charge is 2.68. The average Bonchev–Trinajstić information content (AvgIpc) is 0.705. The maximum absolute atomic E-state index is 14.0. The van der Waals surface area contributed by atoms with Crippen molar-refractivity contribution in [2.24, 2.45) is 52.7 Å². The van der Waals surface area contributed by atoms with Crippen molar-refractivity contribution in [1.29, 1.82) is 0 Å². The maximum Gasteiger partial charge on any atom is 0.319 e. The molecule has 0 radical (unpaired) electrons. The molecular weight excluding hydrogens is 1710 g/mol. The van der Waals surface area contributed by atoms with Crippen LogP contribution < -0.4 is 43.8 Å². The third-order valence-corrected chi connectivity index (χ3v) is 26.0. The first-order valence-electron chi connectivity index (χ1n) is 41.5. The van der Waals surface area contributed by atoms with E-state index in [-0.39, 0.29) is 113 Å². The zero-order valence-electron chi connectivity index (χ0n) is 72.0. The number of hydrogen-bond acceptors (Lipinski definition) is 29. The number of nitrogens with two attached hydrogens (primary N) is 3. The number of phenolic OH excluding ortho intramolecular Hbond substituents is 3. The standard InChI is InChI=1S/C33H38N4O8.C31H33ClN4O8.C29H29N3O9/c1-32(2,3)35-14-22(39)36-17-8-6-15(7-9-17)18-10-11-21(38)24-19(18)12-16-13-20-26(37(4)5)28(41)25(31(34)44)30(43)33(20,45)29(42)23(16)27(24)40;1-36(2)24-19-13-15-12-18-17(14-4-6-16(7-5-14)35-30(43)34-11-3-10-32)8-9-20(37)22(18)25(38)21(15)27(40)31(19,44)28(41)23(26(24)39)29(33)42;1-32(2)23-17-10-13-9-16-15(12-3-5-14(6-4-12)31-19(35)11-33)7-8-18(34)21(16)24(36)20(13)26(38)29(17,41)27(39)22(25(23)37)28(30)40/h6-11,16,20,26,35,38,40,43,45H,12-14H2,1-5H3,(H2,34,44)(H,36,39);4-9,15,19,24,37-38,41,44H,3,10-13H2,1-2H3,(H2,33,42)(H2,34,35,43);3-8,13,17,23,33-34,36,39,41H,9-11H2,1-2H3,(H2,30,40)(H,31,35)/t16-,20-,26-,33-;15-,19-,24?,31-;13-,17-,23-,29-/m000/s1. The van der Waals surface area contributed by atoms with Crippen LogP contribution in [0.4, 0.5) is 21.9 Å². The number of nitrogens with zero attached hydrogens (tertiary/aromatic N) is 3. The minimum Gasteiger partial charge on any atom is -0.508 e. The Morgan fingerprint density at radius 3 is 0.977 bits per heavy atom. The van der Waals surface area contributed by atoms with Crippen LogP contribution in [0, 0.1) is 35.5 Å². The van der Waals surface area contributed by atoms with Crippen LogP contribution in [0.15, 0.2) is 160 Å². The molecule has 3 saturated carbocycles. The van der Waals surface area contributed by atoms with Crippen molar-refractivity contribution in [1.82, 2.24) is 25.3 Å². The molecule has 1 unspecified atom stereocenters. The Balaban J connectivity index is 0.000000166. The number of aliphatic hydroxyl groups excluding tert-OH is 7. The van der Waals surface area contributed by atoms with E-state index in [1.807, 2.05) is 20.8 Å². The summed E-state index contributed by atoms with van der Waals surface area (Å²) in [6, 6.07) is 25.9. The van der Waals surface area contributed by atoms with Gasteiger partial charge in [-0.3, -0.25) is 67.4 Å². The van der Waals surface area contributed by atoms with Gasteiger partial charge in [0.25, 0.3) is 17.7 Å². The summed E-state index contributed by atoms with van der Waals surface area (Å²) >= 11 is 5.64. The number of Topliss-reactive ketones (excluding diaryl/α,β-unsaturated/α-hetero) is 6. The molecule has 36 nitrogen and oxygen atoms in total. The first kappa shape index (κ1) is 94.2. The number of anilines is 3. The monoisotopic (exact) mass is 1810 g/mol. The van der Waals surface area contributed by atoms with E-state index in [0.29, 0.717) is 80.4 Å². The predicted molar refractivity (Wildman–Crippen MR) is 474 cm³/mol. The highest BCUT2D eigenvalue weighted by molar-refractivity contribution is 6.27. The summed E-state index contributed by atoms with van der Waals surface area (Å²) in [5.41, 5.74) is 11.7. The molecule has 7 amide bonds. The Hall–Kier alpha value is -13.4. The molecule has 0 spiro atoms. The highest BCUT2D eigenvalue weighted by atomic mass is 35.5. The third kappa shape index (κ3) is 16.1. The van der Waals surface area contributed by atoms with Crippen LogP contribution in [-0.4, -0.2) is 260 Å². The van der Waals surface area contributed by atoms with Crippen LogP contribution in [0.25, 0.3) is 50.7 Å². The lowest BCUT2D eigenvalue weighted by Crippen LogP contribution is -2.65. The number of halogens is 1. The molecule has 130 heavy (non-hydrogen) atoms. The lowest BCUT2D eigenvalue weighted by Gasteiger charge is -2.50. The molecule has 37 heteroatoms. The number of likely N-dealkylation sites (N-methyl/N-ethyl adjacent to an activating group) is 3. The molecule has 0 aromatic heterocycles. The Morgan fingerprint density at radius 1 is 0.431 bits per heavy atom. The summed E-state index contributed by atoms with van der Waals surface area (Å²) in [6.07, 6.45) is 1.05. The molecule has 15 rings (SSSR count). The van der Waals surface area contributed by atoms with E-state index in [1.165, 1.54) is 47.0 Å². The third-order valence-electron chi connectivity index (χ3n) is 25.7. The van der Waals surface area contributed by atoms with Gasteiger partial charge in [0.05, 0.1) is 41.4 Å². The number of phenols is 3. The number of benzene rings is 6. The Kier molecular flexibility index (Phi) is 25.8. The number of aromatic hydroxyl groups is 3. The number of hydrogen-bond donors (Lipinski definition) is 21. The summed E-state index contributed by atoms with van der Waals surface area (Å²) in [7, 11) is 9.28. The van der Waals surface area contributed by atoms with Crippen LogP contribution in [0.2, 0.25) is 0 Å².